The molecule has 1 heterocycles. The van der Waals surface area contributed by atoms with Gasteiger partial charge in [-0.3, -0.25) is 0 Å². The largest absolute Gasteiger partial charge is 0.493 e. The third-order valence-corrected chi connectivity index (χ3v) is 5.18. The van der Waals surface area contributed by atoms with Crippen molar-refractivity contribution < 1.29 is 9.47 Å². The van der Waals surface area contributed by atoms with Crippen molar-refractivity contribution in [1.82, 2.24) is 9.97 Å². The highest BCUT2D eigenvalue weighted by Crippen LogP contribution is 2.35. The van der Waals surface area contributed by atoms with Gasteiger partial charge in [-0.2, -0.15) is 0 Å². The third-order valence-electron chi connectivity index (χ3n) is 5.18. The summed E-state index contributed by atoms with van der Waals surface area (Å²) in [5.41, 5.74) is 4.41. The molecule has 1 aromatic heterocycles. The number of fused-ring (bicyclic) bond motifs is 1. The zero-order chi connectivity index (χ0) is 21.1. The molecule has 0 spiro atoms. The molecule has 0 bridgehead atoms. The third kappa shape index (κ3) is 3.92. The minimum atomic E-state index is 0.0698. The Hall–Kier alpha value is -3.60. The number of nitrogens with one attached hydrogen (secondary N) is 1. The molecule has 0 aliphatic heterocycles. The Bertz CT molecular complexity index is 1160. The van der Waals surface area contributed by atoms with Crippen LogP contribution < -0.4 is 14.8 Å². The molecule has 4 rings (SSSR count). The molecule has 0 aliphatic carbocycles. The normalized spacial score (nSPS) is 11.9. The van der Waals surface area contributed by atoms with Crippen LogP contribution in [0.3, 0.4) is 0 Å². The number of ether oxygens (including phenoxy) is 2. The number of benzene rings is 3. The summed E-state index contributed by atoms with van der Waals surface area (Å²) in [5, 5.41) is 4.44. The standard InChI is InChI=1S/C25H25N3O2/c1-16(18-10-12-20(13-11-18)19-8-6-5-7-9-19)26-25-21-14-23(29-3)24(30-4)15-22(21)27-17(2)28-25/h5-16H,1-4H3,(H,26,27,28)/t16-/m1/s1. The summed E-state index contributed by atoms with van der Waals surface area (Å²) in [4.78, 5) is 9.20. The van der Waals surface area contributed by atoms with Crippen molar-refractivity contribution in [3.63, 3.8) is 0 Å². The van der Waals surface area contributed by atoms with Gasteiger partial charge in [0.2, 0.25) is 0 Å². The van der Waals surface area contributed by atoms with E-state index in [1.165, 1.54) is 16.7 Å². The van der Waals surface area contributed by atoms with Gasteiger partial charge in [-0.15, -0.1) is 0 Å². The summed E-state index contributed by atoms with van der Waals surface area (Å²) in [6.07, 6.45) is 0. The van der Waals surface area contributed by atoms with Gasteiger partial charge < -0.3 is 14.8 Å². The molecule has 0 saturated carbocycles. The Kier molecular flexibility index (Phi) is 5.53. The minimum absolute atomic E-state index is 0.0698. The van der Waals surface area contributed by atoms with E-state index in [-0.39, 0.29) is 6.04 Å². The van der Waals surface area contributed by atoms with E-state index >= 15 is 0 Å². The predicted octanol–water partition coefficient (Wildman–Crippen LogP) is 5.80. The van der Waals surface area contributed by atoms with Crippen LogP contribution in [-0.2, 0) is 0 Å². The first kappa shape index (κ1) is 19.7. The van der Waals surface area contributed by atoms with Crippen molar-refractivity contribution in [3.05, 3.63) is 78.1 Å². The Morgan fingerprint density at radius 2 is 1.43 bits per heavy atom. The van der Waals surface area contributed by atoms with Crippen LogP contribution in [-0.4, -0.2) is 24.2 Å². The highest BCUT2D eigenvalue weighted by molar-refractivity contribution is 5.92. The number of anilines is 1. The molecule has 0 amide bonds. The van der Waals surface area contributed by atoms with Gasteiger partial charge in [0.1, 0.15) is 11.6 Å². The highest BCUT2D eigenvalue weighted by atomic mass is 16.5. The van der Waals surface area contributed by atoms with Gasteiger partial charge in [0.05, 0.1) is 19.7 Å². The fourth-order valence-electron chi connectivity index (χ4n) is 3.57. The van der Waals surface area contributed by atoms with E-state index in [4.69, 9.17) is 9.47 Å². The maximum Gasteiger partial charge on any atom is 0.162 e. The molecule has 152 valence electrons. The number of aromatic nitrogens is 2. The van der Waals surface area contributed by atoms with E-state index in [0.717, 1.165) is 16.7 Å². The molecular weight excluding hydrogens is 374 g/mol. The predicted molar refractivity (Wildman–Crippen MR) is 121 cm³/mol. The number of aryl methyl sites for hydroxylation is 1. The number of hydrogen-bond acceptors (Lipinski definition) is 5. The van der Waals surface area contributed by atoms with E-state index in [2.05, 4.69) is 70.7 Å². The Labute approximate surface area is 176 Å². The summed E-state index contributed by atoms with van der Waals surface area (Å²) >= 11 is 0. The molecule has 0 aliphatic rings. The topological polar surface area (TPSA) is 56.3 Å². The number of methoxy groups -OCH3 is 2. The Balaban J connectivity index is 1.65. The van der Waals surface area contributed by atoms with Crippen LogP contribution in [0.5, 0.6) is 11.5 Å². The van der Waals surface area contributed by atoms with E-state index < -0.39 is 0 Å². The average molecular weight is 399 g/mol. The molecule has 5 heteroatoms. The first-order valence-corrected chi connectivity index (χ1v) is 9.91. The van der Waals surface area contributed by atoms with Crippen molar-refractivity contribution in [3.8, 4) is 22.6 Å². The highest BCUT2D eigenvalue weighted by Gasteiger charge is 2.14. The van der Waals surface area contributed by atoms with Gasteiger partial charge in [0.25, 0.3) is 0 Å². The Morgan fingerprint density at radius 3 is 2.10 bits per heavy atom. The first-order chi connectivity index (χ1) is 14.6. The molecule has 30 heavy (non-hydrogen) atoms. The van der Waals surface area contributed by atoms with Gasteiger partial charge in [-0.1, -0.05) is 54.6 Å². The van der Waals surface area contributed by atoms with Crippen LogP contribution in [0.25, 0.3) is 22.0 Å². The lowest BCUT2D eigenvalue weighted by Gasteiger charge is -2.18. The molecule has 0 fully saturated rings. The Morgan fingerprint density at radius 1 is 0.800 bits per heavy atom. The zero-order valence-corrected chi connectivity index (χ0v) is 17.6. The fraction of sp³-hybridized carbons (Fsp3) is 0.200. The average Bonchev–Trinajstić information content (AvgIpc) is 2.78. The lowest BCUT2D eigenvalue weighted by molar-refractivity contribution is 0.356. The van der Waals surface area contributed by atoms with Crippen LogP contribution in [0.15, 0.2) is 66.7 Å². The van der Waals surface area contributed by atoms with Gasteiger partial charge in [-0.05, 0) is 36.6 Å². The lowest BCUT2D eigenvalue weighted by atomic mass is 10.0. The van der Waals surface area contributed by atoms with Crippen molar-refractivity contribution in [2.45, 2.75) is 19.9 Å². The molecule has 1 N–H and O–H groups in total. The summed E-state index contributed by atoms with van der Waals surface area (Å²) < 4.78 is 10.9. The van der Waals surface area contributed by atoms with Crippen molar-refractivity contribution in [1.29, 1.82) is 0 Å². The summed E-state index contributed by atoms with van der Waals surface area (Å²) in [5.74, 6) is 2.78. The molecule has 3 aromatic carbocycles. The van der Waals surface area contributed by atoms with Crippen molar-refractivity contribution in [2.75, 3.05) is 19.5 Å². The number of rotatable bonds is 6. The summed E-state index contributed by atoms with van der Waals surface area (Å²) in [6, 6.07) is 22.9. The second-order valence-corrected chi connectivity index (χ2v) is 7.20. The van der Waals surface area contributed by atoms with Crippen LogP contribution in [0.1, 0.15) is 24.4 Å². The lowest BCUT2D eigenvalue weighted by Crippen LogP contribution is -2.09. The SMILES string of the molecule is COc1cc2nc(C)nc(N[C@H](C)c3ccc(-c4ccccc4)cc3)c2cc1OC. The van der Waals surface area contributed by atoms with Gasteiger partial charge >= 0.3 is 0 Å². The first-order valence-electron chi connectivity index (χ1n) is 9.91. The van der Waals surface area contributed by atoms with Crippen molar-refractivity contribution >= 4 is 16.7 Å². The molecular formula is C25H25N3O2. The number of hydrogen-bond donors (Lipinski definition) is 1. The van der Waals surface area contributed by atoms with E-state index in [9.17, 15) is 0 Å². The molecule has 1 atom stereocenters. The van der Waals surface area contributed by atoms with Gasteiger partial charge in [0.15, 0.2) is 11.5 Å². The monoisotopic (exact) mass is 399 g/mol. The van der Waals surface area contributed by atoms with Crippen LogP contribution in [0.2, 0.25) is 0 Å². The molecule has 0 radical (unpaired) electrons. The van der Waals surface area contributed by atoms with Gasteiger partial charge in [0, 0.05) is 17.5 Å². The van der Waals surface area contributed by atoms with E-state index in [0.29, 0.717) is 17.3 Å². The maximum atomic E-state index is 5.47. The van der Waals surface area contributed by atoms with Crippen molar-refractivity contribution in [2.24, 2.45) is 0 Å². The fourth-order valence-corrected chi connectivity index (χ4v) is 3.57. The molecule has 4 aromatic rings. The zero-order valence-electron chi connectivity index (χ0n) is 17.6. The van der Waals surface area contributed by atoms with Crippen LogP contribution in [0.4, 0.5) is 5.82 Å². The van der Waals surface area contributed by atoms with E-state index in [1.54, 1.807) is 14.2 Å². The number of nitrogens with zero attached hydrogens (tertiary/aromatic N) is 2. The van der Waals surface area contributed by atoms with Gasteiger partial charge in [-0.25, -0.2) is 9.97 Å². The smallest absolute Gasteiger partial charge is 0.162 e. The summed E-state index contributed by atoms with van der Waals surface area (Å²) in [7, 11) is 3.25. The quantitative estimate of drug-likeness (QED) is 0.444. The van der Waals surface area contributed by atoms with Crippen LogP contribution in [0, 0.1) is 6.92 Å². The van der Waals surface area contributed by atoms with E-state index in [1.807, 2.05) is 25.1 Å². The summed E-state index contributed by atoms with van der Waals surface area (Å²) in [6.45, 7) is 4.02. The second kappa shape index (κ2) is 8.41. The second-order valence-electron chi connectivity index (χ2n) is 7.20. The minimum Gasteiger partial charge on any atom is -0.493 e. The molecule has 5 nitrogen and oxygen atoms in total. The van der Waals surface area contributed by atoms with Crippen LogP contribution >= 0.6 is 0 Å². The molecule has 0 saturated heterocycles. The maximum absolute atomic E-state index is 5.47. The molecule has 0 unspecified atom stereocenters.